The summed E-state index contributed by atoms with van der Waals surface area (Å²) in [6, 6.07) is 10.4. The molecule has 130 valence electrons. The van der Waals surface area contributed by atoms with Crippen LogP contribution in [0.15, 0.2) is 38.6 Å². The first-order valence-corrected chi connectivity index (χ1v) is 9.87. The van der Waals surface area contributed by atoms with Crippen LogP contribution in [0, 0.1) is 0 Å². The van der Waals surface area contributed by atoms with Gasteiger partial charge in [0, 0.05) is 13.1 Å². The Balaban J connectivity index is 1.45. The summed E-state index contributed by atoms with van der Waals surface area (Å²) in [5.41, 5.74) is 2.72. The van der Waals surface area contributed by atoms with Crippen molar-refractivity contribution < 1.29 is 9.26 Å². The highest BCUT2D eigenvalue weighted by Crippen LogP contribution is 2.30. The number of halogens is 1. The number of benzene rings is 1. The van der Waals surface area contributed by atoms with E-state index in [1.165, 1.54) is 11.1 Å². The molecule has 0 N–H and O–H groups in total. The lowest BCUT2D eigenvalue weighted by molar-refractivity contribution is 0.210. The quantitative estimate of drug-likeness (QED) is 0.608. The van der Waals surface area contributed by atoms with E-state index in [1.54, 1.807) is 11.3 Å². The largest absolute Gasteiger partial charge is 0.494 e. The van der Waals surface area contributed by atoms with E-state index in [1.807, 2.05) is 19.1 Å². The van der Waals surface area contributed by atoms with Gasteiger partial charge in [-0.1, -0.05) is 11.2 Å². The Bertz CT molecular complexity index is 877. The van der Waals surface area contributed by atoms with Crippen molar-refractivity contribution in [1.29, 1.82) is 0 Å². The summed E-state index contributed by atoms with van der Waals surface area (Å²) < 4.78 is 12.1. The molecule has 25 heavy (non-hydrogen) atoms. The highest BCUT2D eigenvalue weighted by atomic mass is 79.9. The minimum Gasteiger partial charge on any atom is -0.494 e. The molecule has 7 heteroatoms. The van der Waals surface area contributed by atoms with E-state index in [0.29, 0.717) is 24.9 Å². The second-order valence-corrected chi connectivity index (χ2v) is 8.40. The van der Waals surface area contributed by atoms with Crippen LogP contribution in [0.1, 0.15) is 23.9 Å². The average Bonchev–Trinajstić information content (AvgIpc) is 3.24. The number of rotatable bonds is 5. The van der Waals surface area contributed by atoms with Crippen LogP contribution in [0.2, 0.25) is 0 Å². The van der Waals surface area contributed by atoms with E-state index in [-0.39, 0.29) is 0 Å². The fourth-order valence-corrected chi connectivity index (χ4v) is 4.34. The predicted molar refractivity (Wildman–Crippen MR) is 101 cm³/mol. The van der Waals surface area contributed by atoms with Crippen LogP contribution in [0.4, 0.5) is 0 Å². The summed E-state index contributed by atoms with van der Waals surface area (Å²) in [7, 11) is 0. The predicted octanol–water partition coefficient (Wildman–Crippen LogP) is 4.52. The van der Waals surface area contributed by atoms with Crippen LogP contribution in [-0.4, -0.2) is 28.2 Å². The number of aromatic nitrogens is 2. The number of fused-ring (bicyclic) bond motifs is 1. The normalized spacial score (nSPS) is 14.5. The fourth-order valence-electron chi connectivity index (χ4n) is 3.03. The Morgan fingerprint density at radius 2 is 2.20 bits per heavy atom. The lowest BCUT2D eigenvalue weighted by Crippen LogP contribution is -2.30. The van der Waals surface area contributed by atoms with E-state index in [2.05, 4.69) is 49.2 Å². The van der Waals surface area contributed by atoms with E-state index in [9.17, 15) is 0 Å². The van der Waals surface area contributed by atoms with Gasteiger partial charge in [-0.3, -0.25) is 4.90 Å². The molecular weight excluding hydrogens is 402 g/mol. The Morgan fingerprint density at radius 3 is 3.00 bits per heavy atom. The summed E-state index contributed by atoms with van der Waals surface area (Å²) in [5.74, 6) is 2.25. The van der Waals surface area contributed by atoms with Gasteiger partial charge in [0.25, 0.3) is 0 Å². The zero-order chi connectivity index (χ0) is 17.2. The highest BCUT2D eigenvalue weighted by Gasteiger charge is 2.20. The van der Waals surface area contributed by atoms with E-state index in [4.69, 9.17) is 9.26 Å². The number of thiophene rings is 1. The smallest absolute Gasteiger partial charge is 0.241 e. The van der Waals surface area contributed by atoms with Gasteiger partial charge in [-0.25, -0.2) is 0 Å². The van der Waals surface area contributed by atoms with Gasteiger partial charge in [-0.15, -0.1) is 11.3 Å². The van der Waals surface area contributed by atoms with Gasteiger partial charge in [0.2, 0.25) is 11.7 Å². The first kappa shape index (κ1) is 16.8. The van der Waals surface area contributed by atoms with Crippen molar-refractivity contribution in [1.82, 2.24) is 15.0 Å². The van der Waals surface area contributed by atoms with Crippen LogP contribution in [0.5, 0.6) is 5.75 Å². The van der Waals surface area contributed by atoms with Crippen LogP contribution in [-0.2, 0) is 19.5 Å². The van der Waals surface area contributed by atoms with Gasteiger partial charge >= 0.3 is 0 Å². The third kappa shape index (κ3) is 3.78. The second kappa shape index (κ2) is 7.27. The van der Waals surface area contributed by atoms with Crippen LogP contribution in [0.3, 0.4) is 0 Å². The van der Waals surface area contributed by atoms with Gasteiger partial charge in [-0.05, 0) is 64.7 Å². The molecule has 0 amide bonds. The van der Waals surface area contributed by atoms with Crippen LogP contribution < -0.4 is 4.74 Å². The standard InChI is InChI=1S/C18H18BrN3O2S/c1-2-23-14-4-3-12-7-8-22(10-13(12)9-14)11-17-20-18(21-24-17)15-5-6-16(19)25-15/h3-6,9H,2,7-8,10-11H2,1H3. The maximum Gasteiger partial charge on any atom is 0.241 e. The molecule has 1 aliphatic heterocycles. The van der Waals surface area contributed by atoms with Gasteiger partial charge in [0.1, 0.15) is 5.75 Å². The molecule has 0 unspecified atom stereocenters. The first-order chi connectivity index (χ1) is 12.2. The van der Waals surface area contributed by atoms with Gasteiger partial charge in [-0.2, -0.15) is 4.98 Å². The monoisotopic (exact) mass is 419 g/mol. The first-order valence-electron chi connectivity index (χ1n) is 8.26. The Labute approximate surface area is 158 Å². The maximum atomic E-state index is 5.62. The zero-order valence-electron chi connectivity index (χ0n) is 13.9. The number of hydrogen-bond donors (Lipinski definition) is 0. The molecule has 1 aromatic carbocycles. The molecule has 2 aromatic heterocycles. The molecule has 0 saturated carbocycles. The van der Waals surface area contributed by atoms with Gasteiger partial charge in [0.05, 0.1) is 21.8 Å². The molecule has 0 atom stereocenters. The average molecular weight is 420 g/mol. The van der Waals surface area contributed by atoms with Crippen molar-refractivity contribution in [3.05, 3.63) is 51.1 Å². The van der Waals surface area contributed by atoms with Crippen molar-refractivity contribution in [3.63, 3.8) is 0 Å². The molecule has 0 radical (unpaired) electrons. The van der Waals surface area contributed by atoms with E-state index >= 15 is 0 Å². The van der Waals surface area contributed by atoms with Crippen molar-refractivity contribution >= 4 is 27.3 Å². The Morgan fingerprint density at radius 1 is 1.28 bits per heavy atom. The van der Waals surface area contributed by atoms with Crippen molar-refractivity contribution in [2.75, 3.05) is 13.2 Å². The molecule has 3 aromatic rings. The van der Waals surface area contributed by atoms with Crippen molar-refractivity contribution in [2.24, 2.45) is 0 Å². The highest BCUT2D eigenvalue weighted by molar-refractivity contribution is 9.11. The minimum atomic E-state index is 0.654. The van der Waals surface area contributed by atoms with Crippen LogP contribution >= 0.6 is 27.3 Å². The summed E-state index contributed by atoms with van der Waals surface area (Å²) in [6.07, 6.45) is 1.03. The molecule has 3 heterocycles. The summed E-state index contributed by atoms with van der Waals surface area (Å²) in [4.78, 5) is 7.88. The molecule has 0 spiro atoms. The molecular formula is C18H18BrN3O2S. The Hall–Kier alpha value is -1.70. The summed E-state index contributed by atoms with van der Waals surface area (Å²) in [5, 5.41) is 4.10. The van der Waals surface area contributed by atoms with E-state index < -0.39 is 0 Å². The molecule has 1 aliphatic rings. The summed E-state index contributed by atoms with van der Waals surface area (Å²) >= 11 is 5.06. The maximum absolute atomic E-state index is 5.62. The molecule has 0 fully saturated rings. The molecule has 0 bridgehead atoms. The SMILES string of the molecule is CCOc1ccc2c(c1)CN(Cc1nc(-c3ccc(Br)s3)no1)CC2. The third-order valence-corrected chi connectivity index (χ3v) is 5.82. The zero-order valence-corrected chi connectivity index (χ0v) is 16.3. The minimum absolute atomic E-state index is 0.654. The Kier molecular flexibility index (Phi) is 4.87. The number of nitrogens with zero attached hydrogens (tertiary/aromatic N) is 3. The molecule has 0 aliphatic carbocycles. The number of ether oxygens (including phenoxy) is 1. The molecule has 0 saturated heterocycles. The molecule has 4 rings (SSSR count). The fraction of sp³-hybridized carbons (Fsp3) is 0.333. The summed E-state index contributed by atoms with van der Waals surface area (Å²) in [6.45, 7) is 5.22. The van der Waals surface area contributed by atoms with Crippen molar-refractivity contribution in [2.45, 2.75) is 26.4 Å². The van der Waals surface area contributed by atoms with Gasteiger partial charge in [0.15, 0.2) is 0 Å². The van der Waals surface area contributed by atoms with E-state index in [0.717, 1.165) is 33.9 Å². The topological polar surface area (TPSA) is 51.4 Å². The van der Waals surface area contributed by atoms with Crippen molar-refractivity contribution in [3.8, 4) is 16.5 Å². The lowest BCUT2D eigenvalue weighted by atomic mass is 9.99. The van der Waals surface area contributed by atoms with Gasteiger partial charge < -0.3 is 9.26 Å². The molecule has 5 nitrogen and oxygen atoms in total. The second-order valence-electron chi connectivity index (χ2n) is 5.94. The van der Waals surface area contributed by atoms with Crippen LogP contribution in [0.25, 0.3) is 10.7 Å². The number of hydrogen-bond acceptors (Lipinski definition) is 6. The lowest BCUT2D eigenvalue weighted by Gasteiger charge is -2.27. The third-order valence-electron chi connectivity index (χ3n) is 4.20.